The van der Waals surface area contributed by atoms with E-state index in [4.69, 9.17) is 9.47 Å². The molecule has 0 saturated heterocycles. The maximum absolute atomic E-state index is 11.8. The monoisotopic (exact) mass is 426 g/mol. The highest BCUT2D eigenvalue weighted by Crippen LogP contribution is 2.12. The molecule has 2 aromatic rings. The third-order valence-electron chi connectivity index (χ3n) is 5.05. The van der Waals surface area contributed by atoms with Gasteiger partial charge >= 0.3 is 11.9 Å². The summed E-state index contributed by atoms with van der Waals surface area (Å²) in [4.78, 5) is 31.4. The van der Waals surface area contributed by atoms with Crippen LogP contribution in [0.5, 0.6) is 0 Å². The molecule has 0 aliphatic heterocycles. The van der Waals surface area contributed by atoms with Crippen LogP contribution in [0.1, 0.15) is 91.3 Å². The summed E-state index contributed by atoms with van der Waals surface area (Å²) in [6.07, 6.45) is 19.0. The van der Waals surface area contributed by atoms with Crippen LogP contribution in [0.15, 0.2) is 49.1 Å². The molecule has 0 spiro atoms. The Morgan fingerprint density at radius 2 is 0.935 bits per heavy atom. The van der Waals surface area contributed by atoms with Crippen LogP contribution in [0.2, 0.25) is 0 Å². The maximum Gasteiger partial charge on any atom is 0.339 e. The smallest absolute Gasteiger partial charge is 0.339 e. The summed E-state index contributed by atoms with van der Waals surface area (Å²) in [5.41, 5.74) is 1.02. The molecule has 168 valence electrons. The van der Waals surface area contributed by atoms with Crippen LogP contribution >= 0.6 is 0 Å². The second-order valence-corrected chi connectivity index (χ2v) is 7.64. The Morgan fingerprint density at radius 3 is 1.26 bits per heavy atom. The summed E-state index contributed by atoms with van der Waals surface area (Å²) < 4.78 is 10.5. The molecule has 0 aliphatic carbocycles. The van der Waals surface area contributed by atoms with E-state index in [0.29, 0.717) is 24.3 Å². The molecule has 2 heterocycles. The minimum absolute atomic E-state index is 0.292. The lowest BCUT2D eigenvalue weighted by atomic mass is 10.1. The van der Waals surface area contributed by atoms with Gasteiger partial charge in [0.15, 0.2) is 0 Å². The third-order valence-corrected chi connectivity index (χ3v) is 5.05. The molecule has 6 nitrogen and oxygen atoms in total. The van der Waals surface area contributed by atoms with Crippen molar-refractivity contribution in [2.24, 2.45) is 0 Å². The molecule has 0 aliphatic rings. The van der Waals surface area contributed by atoms with Crippen LogP contribution in [-0.4, -0.2) is 35.1 Å². The van der Waals surface area contributed by atoms with Gasteiger partial charge in [0.05, 0.1) is 24.3 Å². The second kappa shape index (κ2) is 16.0. The lowest BCUT2D eigenvalue weighted by Crippen LogP contribution is -2.06. The zero-order chi connectivity index (χ0) is 22.0. The van der Waals surface area contributed by atoms with Gasteiger partial charge in [-0.3, -0.25) is 9.97 Å². The Balaban J connectivity index is 1.30. The molecule has 31 heavy (non-hydrogen) atoms. The van der Waals surface area contributed by atoms with Gasteiger partial charge in [0.25, 0.3) is 0 Å². The molecule has 0 amide bonds. The first-order chi connectivity index (χ1) is 15.3. The predicted molar refractivity (Wildman–Crippen MR) is 120 cm³/mol. The van der Waals surface area contributed by atoms with Crippen molar-refractivity contribution in [1.82, 2.24) is 9.97 Å². The second-order valence-electron chi connectivity index (χ2n) is 7.64. The molecule has 0 radical (unpaired) electrons. The molecule has 0 saturated carbocycles. The maximum atomic E-state index is 11.8. The van der Waals surface area contributed by atoms with Crippen molar-refractivity contribution in [2.75, 3.05) is 13.2 Å². The van der Waals surface area contributed by atoms with Crippen molar-refractivity contribution in [1.29, 1.82) is 0 Å². The topological polar surface area (TPSA) is 78.4 Å². The lowest BCUT2D eigenvalue weighted by Gasteiger charge is -2.05. The van der Waals surface area contributed by atoms with Crippen molar-refractivity contribution in [2.45, 2.75) is 70.6 Å². The number of carbonyl (C=O) groups excluding carboxylic acids is 2. The zero-order valence-electron chi connectivity index (χ0n) is 18.3. The summed E-state index contributed by atoms with van der Waals surface area (Å²) in [6, 6.07) is 6.90. The summed E-state index contributed by atoms with van der Waals surface area (Å²) in [5.74, 6) is -0.584. The highest BCUT2D eigenvalue weighted by atomic mass is 16.5. The molecule has 0 N–H and O–H groups in total. The number of rotatable bonds is 16. The molecule has 0 unspecified atom stereocenters. The van der Waals surface area contributed by atoms with Crippen molar-refractivity contribution in [3.63, 3.8) is 0 Å². The van der Waals surface area contributed by atoms with Crippen molar-refractivity contribution < 1.29 is 19.1 Å². The van der Waals surface area contributed by atoms with Crippen LogP contribution in [-0.2, 0) is 9.47 Å². The minimum atomic E-state index is -0.292. The van der Waals surface area contributed by atoms with E-state index in [1.807, 2.05) is 0 Å². The quantitative estimate of drug-likeness (QED) is 0.250. The highest BCUT2D eigenvalue weighted by molar-refractivity contribution is 5.89. The first-order valence-electron chi connectivity index (χ1n) is 11.4. The number of unbranched alkanes of at least 4 members (excludes halogenated alkanes) is 10. The van der Waals surface area contributed by atoms with Crippen LogP contribution in [0, 0.1) is 0 Å². The molecule has 2 aromatic heterocycles. The van der Waals surface area contributed by atoms with E-state index in [1.165, 1.54) is 57.3 Å². The number of nitrogens with zero attached hydrogens (tertiary/aromatic N) is 2. The number of hydrogen-bond donors (Lipinski definition) is 0. The van der Waals surface area contributed by atoms with E-state index in [2.05, 4.69) is 9.97 Å². The van der Waals surface area contributed by atoms with Gasteiger partial charge in [0.2, 0.25) is 0 Å². The number of pyridine rings is 2. The molecule has 6 heteroatoms. The summed E-state index contributed by atoms with van der Waals surface area (Å²) >= 11 is 0. The van der Waals surface area contributed by atoms with Gasteiger partial charge in [-0.2, -0.15) is 0 Å². The fraction of sp³-hybridized carbons (Fsp3) is 0.520. The average Bonchev–Trinajstić information content (AvgIpc) is 2.82. The Bertz CT molecular complexity index is 674. The highest BCUT2D eigenvalue weighted by Gasteiger charge is 2.06. The molecular weight excluding hydrogens is 392 g/mol. The standard InChI is InChI=1S/C25H34N2O4/c28-24(22-14-12-16-26-20-22)30-18-10-8-6-4-2-1-3-5-7-9-11-19-31-25(29)23-15-13-17-27-21-23/h12-17,20-21H,1-11,18-19H2. The molecule has 0 aromatic carbocycles. The fourth-order valence-electron chi connectivity index (χ4n) is 3.26. The van der Waals surface area contributed by atoms with E-state index in [0.717, 1.165) is 25.7 Å². The van der Waals surface area contributed by atoms with E-state index >= 15 is 0 Å². The number of ether oxygens (including phenoxy) is 2. The molecule has 0 atom stereocenters. The zero-order valence-corrected chi connectivity index (χ0v) is 18.3. The number of hydrogen-bond acceptors (Lipinski definition) is 6. The number of aromatic nitrogens is 2. The predicted octanol–water partition coefficient (Wildman–Crippen LogP) is 5.78. The van der Waals surface area contributed by atoms with Crippen LogP contribution < -0.4 is 0 Å². The van der Waals surface area contributed by atoms with E-state index in [1.54, 1.807) is 36.7 Å². The molecule has 0 fully saturated rings. The van der Waals surface area contributed by atoms with Gasteiger partial charge in [-0.25, -0.2) is 9.59 Å². The summed E-state index contributed by atoms with van der Waals surface area (Å²) in [6.45, 7) is 0.955. The normalized spacial score (nSPS) is 10.6. The van der Waals surface area contributed by atoms with Gasteiger partial charge < -0.3 is 9.47 Å². The van der Waals surface area contributed by atoms with Gasteiger partial charge in [0.1, 0.15) is 0 Å². The number of esters is 2. The Morgan fingerprint density at radius 1 is 0.581 bits per heavy atom. The van der Waals surface area contributed by atoms with Gasteiger partial charge in [-0.15, -0.1) is 0 Å². The largest absolute Gasteiger partial charge is 0.462 e. The number of carbonyl (C=O) groups is 2. The van der Waals surface area contributed by atoms with E-state index in [9.17, 15) is 9.59 Å². The average molecular weight is 427 g/mol. The van der Waals surface area contributed by atoms with Crippen molar-refractivity contribution in [3.05, 3.63) is 60.2 Å². The SMILES string of the molecule is O=C(OCCCCCCCCCCCCCOC(=O)c1cccnc1)c1cccnc1. The lowest BCUT2D eigenvalue weighted by molar-refractivity contribution is 0.0488. The molecular formula is C25H34N2O4. The van der Waals surface area contributed by atoms with Gasteiger partial charge in [-0.05, 0) is 37.1 Å². The van der Waals surface area contributed by atoms with E-state index in [-0.39, 0.29) is 11.9 Å². The minimum Gasteiger partial charge on any atom is -0.462 e. The van der Waals surface area contributed by atoms with E-state index < -0.39 is 0 Å². The summed E-state index contributed by atoms with van der Waals surface area (Å²) in [7, 11) is 0. The van der Waals surface area contributed by atoms with Crippen molar-refractivity contribution >= 4 is 11.9 Å². The Hall–Kier alpha value is -2.76. The third kappa shape index (κ3) is 11.3. The Kier molecular flexibility index (Phi) is 12.6. The van der Waals surface area contributed by atoms with Crippen LogP contribution in [0.25, 0.3) is 0 Å². The fourth-order valence-corrected chi connectivity index (χ4v) is 3.26. The van der Waals surface area contributed by atoms with Crippen LogP contribution in [0.3, 0.4) is 0 Å². The first-order valence-corrected chi connectivity index (χ1v) is 11.4. The first kappa shape index (κ1) is 24.5. The molecule has 0 bridgehead atoms. The van der Waals surface area contributed by atoms with Crippen molar-refractivity contribution in [3.8, 4) is 0 Å². The van der Waals surface area contributed by atoms with Gasteiger partial charge in [-0.1, -0.05) is 57.8 Å². The molecule has 2 rings (SSSR count). The van der Waals surface area contributed by atoms with Crippen LogP contribution in [0.4, 0.5) is 0 Å². The Labute approximate surface area is 185 Å². The van der Waals surface area contributed by atoms with Gasteiger partial charge in [0, 0.05) is 24.8 Å². The summed E-state index contributed by atoms with van der Waals surface area (Å²) in [5, 5.41) is 0.